The minimum Gasteiger partial charge on any atom is -0.429 e. The molecule has 1 amide bonds. The van der Waals surface area contributed by atoms with Crippen molar-refractivity contribution in [2.45, 2.75) is 69.7 Å². The first kappa shape index (κ1) is 24.2. The lowest BCUT2D eigenvalue weighted by Crippen LogP contribution is -2.44. The Morgan fingerprint density at radius 1 is 1.26 bits per heavy atom. The predicted molar refractivity (Wildman–Crippen MR) is 113 cm³/mol. The molecule has 2 aromatic heterocycles. The van der Waals surface area contributed by atoms with Crippen LogP contribution < -0.4 is 15.6 Å². The van der Waals surface area contributed by atoms with E-state index in [0.717, 1.165) is 11.0 Å². The first-order valence-corrected chi connectivity index (χ1v) is 11.0. The zero-order valence-corrected chi connectivity index (χ0v) is 18.4. The van der Waals surface area contributed by atoms with Gasteiger partial charge in [0.1, 0.15) is 5.65 Å². The number of carbonyl (C=O) groups excluding carboxylic acids is 1. The van der Waals surface area contributed by atoms with Gasteiger partial charge in [-0.3, -0.25) is 14.2 Å². The highest BCUT2D eigenvalue weighted by atomic mass is 19.3. The van der Waals surface area contributed by atoms with Crippen LogP contribution in [0.3, 0.4) is 0 Å². The molecule has 2 atom stereocenters. The molecule has 2 aromatic rings. The van der Waals surface area contributed by atoms with Crippen molar-refractivity contribution in [1.82, 2.24) is 19.4 Å². The number of likely N-dealkylation sites (tertiary alicyclic amines) is 1. The molecular weight excluding hydrogens is 462 g/mol. The molecule has 2 N–H and O–H groups in total. The second-order valence-corrected chi connectivity index (χ2v) is 8.84. The normalized spacial score (nSPS) is 23.8. The van der Waals surface area contributed by atoms with Crippen LogP contribution in [0.2, 0.25) is 0 Å². The minimum absolute atomic E-state index is 0.151. The lowest BCUT2D eigenvalue weighted by atomic mass is 10.00. The molecule has 3 heterocycles. The Kier molecular flexibility index (Phi) is 6.65. The summed E-state index contributed by atoms with van der Waals surface area (Å²) < 4.78 is 56.6. The average Bonchev–Trinajstić information content (AvgIpc) is 3.13. The van der Waals surface area contributed by atoms with Crippen molar-refractivity contribution in [2.75, 3.05) is 18.4 Å². The van der Waals surface area contributed by atoms with Crippen molar-refractivity contribution in [3.05, 3.63) is 22.6 Å². The first-order chi connectivity index (χ1) is 16.1. The number of alkyl halides is 4. The molecule has 2 fully saturated rings. The SMILES string of the molecule is C[C@@]1(O)CCC[C@H]1n1c(=O)c(OC(F)F)cc2cnc(NC3CCN(C(=O)C(F)F)CC3)nc21. The third-order valence-electron chi connectivity index (χ3n) is 6.47. The van der Waals surface area contributed by atoms with Gasteiger partial charge in [0.25, 0.3) is 11.5 Å². The van der Waals surface area contributed by atoms with Gasteiger partial charge < -0.3 is 20.1 Å². The molecule has 0 aromatic carbocycles. The van der Waals surface area contributed by atoms with E-state index in [4.69, 9.17) is 0 Å². The molecular formula is C21H25F4N5O4. The maximum absolute atomic E-state index is 13.1. The number of pyridine rings is 1. The van der Waals surface area contributed by atoms with Crippen molar-refractivity contribution in [2.24, 2.45) is 0 Å². The van der Waals surface area contributed by atoms with Gasteiger partial charge in [-0.05, 0) is 45.1 Å². The smallest absolute Gasteiger partial charge is 0.387 e. The lowest BCUT2D eigenvalue weighted by Gasteiger charge is -2.32. The summed E-state index contributed by atoms with van der Waals surface area (Å²) in [6.45, 7) is -1.32. The number of carbonyl (C=O) groups is 1. The monoisotopic (exact) mass is 487 g/mol. The van der Waals surface area contributed by atoms with Gasteiger partial charge in [-0.25, -0.2) is 4.98 Å². The number of nitrogens with zero attached hydrogens (tertiary/aromatic N) is 4. The van der Waals surface area contributed by atoms with Gasteiger partial charge in [0.05, 0.1) is 11.6 Å². The first-order valence-electron chi connectivity index (χ1n) is 11.0. The van der Waals surface area contributed by atoms with E-state index in [0.29, 0.717) is 32.1 Å². The van der Waals surface area contributed by atoms with Crippen LogP contribution >= 0.6 is 0 Å². The van der Waals surface area contributed by atoms with Gasteiger partial charge in [-0.15, -0.1) is 0 Å². The summed E-state index contributed by atoms with van der Waals surface area (Å²) in [6, 6.07) is 0.243. The number of hydrogen-bond donors (Lipinski definition) is 2. The van der Waals surface area contributed by atoms with E-state index in [1.54, 1.807) is 6.92 Å². The second-order valence-electron chi connectivity index (χ2n) is 8.84. The molecule has 1 saturated heterocycles. The number of halogens is 4. The molecule has 1 aliphatic carbocycles. The Morgan fingerprint density at radius 3 is 2.56 bits per heavy atom. The van der Waals surface area contributed by atoms with Crippen molar-refractivity contribution in [1.29, 1.82) is 0 Å². The molecule has 0 radical (unpaired) electrons. The number of hydrogen-bond acceptors (Lipinski definition) is 7. The van der Waals surface area contributed by atoms with Crippen LogP contribution in [0.15, 0.2) is 17.1 Å². The molecule has 1 saturated carbocycles. The third kappa shape index (κ3) is 4.79. The molecule has 2 aliphatic rings. The third-order valence-corrected chi connectivity index (χ3v) is 6.47. The topological polar surface area (TPSA) is 110 Å². The molecule has 13 heteroatoms. The molecule has 0 unspecified atom stereocenters. The fraction of sp³-hybridized carbons (Fsp3) is 0.619. The summed E-state index contributed by atoms with van der Waals surface area (Å²) in [5, 5.41) is 14.2. The molecule has 9 nitrogen and oxygen atoms in total. The highest BCUT2D eigenvalue weighted by molar-refractivity contribution is 5.79. The number of fused-ring (bicyclic) bond motifs is 1. The minimum atomic E-state index is -3.20. The Morgan fingerprint density at radius 2 is 1.97 bits per heavy atom. The fourth-order valence-corrected chi connectivity index (χ4v) is 4.74. The van der Waals surface area contributed by atoms with E-state index in [1.807, 2.05) is 0 Å². The van der Waals surface area contributed by atoms with Crippen LogP contribution in [-0.2, 0) is 4.79 Å². The van der Waals surface area contributed by atoms with Crippen molar-refractivity contribution < 1.29 is 32.2 Å². The van der Waals surface area contributed by atoms with Crippen LogP contribution in [-0.4, -0.2) is 68.2 Å². The summed E-state index contributed by atoms with van der Waals surface area (Å²) in [5.74, 6) is -1.61. The van der Waals surface area contributed by atoms with Gasteiger partial charge in [-0.2, -0.15) is 22.5 Å². The number of anilines is 1. The van der Waals surface area contributed by atoms with E-state index >= 15 is 0 Å². The maximum Gasteiger partial charge on any atom is 0.387 e. The number of aromatic nitrogens is 3. The molecule has 4 rings (SSSR count). The Balaban J connectivity index is 1.64. The van der Waals surface area contributed by atoms with Crippen LogP contribution in [0, 0.1) is 0 Å². The summed E-state index contributed by atoms with van der Waals surface area (Å²) >= 11 is 0. The van der Waals surface area contributed by atoms with Gasteiger partial charge in [0, 0.05) is 30.7 Å². The number of amides is 1. The van der Waals surface area contributed by atoms with Crippen LogP contribution in [0.25, 0.3) is 11.0 Å². The highest BCUT2D eigenvalue weighted by Crippen LogP contribution is 2.40. The van der Waals surface area contributed by atoms with E-state index in [-0.39, 0.29) is 36.1 Å². The Hall–Kier alpha value is -2.96. The molecule has 1 aliphatic heterocycles. The molecule has 186 valence electrons. The molecule has 0 spiro atoms. The van der Waals surface area contributed by atoms with Crippen LogP contribution in [0.4, 0.5) is 23.5 Å². The largest absolute Gasteiger partial charge is 0.429 e. The van der Waals surface area contributed by atoms with Gasteiger partial charge in [0.15, 0.2) is 5.75 Å². The summed E-state index contributed by atoms with van der Waals surface area (Å²) in [7, 11) is 0. The number of piperidine rings is 1. The molecule has 34 heavy (non-hydrogen) atoms. The maximum atomic E-state index is 13.1. The zero-order valence-electron chi connectivity index (χ0n) is 18.4. The van der Waals surface area contributed by atoms with E-state index in [2.05, 4.69) is 20.0 Å². The van der Waals surface area contributed by atoms with Gasteiger partial charge in [-0.1, -0.05) is 0 Å². The van der Waals surface area contributed by atoms with E-state index in [9.17, 15) is 32.3 Å². The molecule has 0 bridgehead atoms. The van der Waals surface area contributed by atoms with Crippen LogP contribution in [0.1, 0.15) is 45.1 Å². The number of aliphatic hydroxyl groups is 1. The van der Waals surface area contributed by atoms with E-state index < -0.39 is 41.9 Å². The van der Waals surface area contributed by atoms with Crippen molar-refractivity contribution in [3.8, 4) is 5.75 Å². The standard InChI is InChI=1S/C21H25F4N5O4/c1-21(33)6-2-3-14(21)30-16-11(9-13(17(30)31)34-19(24)25)10-26-20(28-16)27-12-4-7-29(8-5-12)18(32)15(22)23/h9-10,12,14-15,19,33H,2-8H2,1H3,(H,26,27,28)/t14-,21-/m1/s1. The van der Waals surface area contributed by atoms with Crippen molar-refractivity contribution in [3.63, 3.8) is 0 Å². The summed E-state index contributed by atoms with van der Waals surface area (Å²) in [5.41, 5.74) is -1.92. The average molecular weight is 487 g/mol. The predicted octanol–water partition coefficient (Wildman–Crippen LogP) is 2.54. The van der Waals surface area contributed by atoms with Gasteiger partial charge in [0.2, 0.25) is 5.95 Å². The Labute approximate surface area is 191 Å². The van der Waals surface area contributed by atoms with Crippen molar-refractivity contribution >= 4 is 22.9 Å². The van der Waals surface area contributed by atoms with Crippen LogP contribution in [0.5, 0.6) is 5.75 Å². The summed E-state index contributed by atoms with van der Waals surface area (Å²) in [4.78, 5) is 34.3. The van der Waals surface area contributed by atoms with Gasteiger partial charge >= 0.3 is 13.0 Å². The Bertz CT molecular complexity index is 1120. The highest BCUT2D eigenvalue weighted by Gasteiger charge is 2.40. The second kappa shape index (κ2) is 9.35. The number of rotatable bonds is 6. The lowest BCUT2D eigenvalue weighted by molar-refractivity contribution is -0.143. The zero-order chi connectivity index (χ0) is 24.6. The number of nitrogens with one attached hydrogen (secondary N) is 1. The fourth-order valence-electron chi connectivity index (χ4n) is 4.74. The number of ether oxygens (including phenoxy) is 1. The summed E-state index contributed by atoms with van der Waals surface area (Å²) in [6.07, 6.45) is 0.615. The van der Waals surface area contributed by atoms with E-state index in [1.165, 1.54) is 10.8 Å². The quantitative estimate of drug-likeness (QED) is 0.603.